The number of methoxy groups -OCH3 is 1. The van der Waals surface area contributed by atoms with E-state index in [1.165, 1.54) is 0 Å². The fourth-order valence-electron chi connectivity index (χ4n) is 1.55. The van der Waals surface area contributed by atoms with Crippen molar-refractivity contribution in [1.82, 2.24) is 10.2 Å². The van der Waals surface area contributed by atoms with Crippen molar-refractivity contribution < 1.29 is 9.53 Å². The van der Waals surface area contributed by atoms with Crippen molar-refractivity contribution in [3.05, 3.63) is 0 Å². The summed E-state index contributed by atoms with van der Waals surface area (Å²) < 4.78 is 4.95. The first-order chi connectivity index (χ1) is 6.79. The lowest BCUT2D eigenvalue weighted by Crippen LogP contribution is -2.55. The Bertz CT molecular complexity index is 237. The highest BCUT2D eigenvalue weighted by Gasteiger charge is 2.28. The van der Waals surface area contributed by atoms with Crippen LogP contribution in [0.4, 0.5) is 0 Å². The lowest BCUT2D eigenvalue weighted by Gasteiger charge is -2.33. The van der Waals surface area contributed by atoms with Gasteiger partial charge in [0.1, 0.15) is 6.04 Å². The minimum Gasteiger partial charge on any atom is -0.383 e. The molecule has 1 aliphatic heterocycles. The predicted molar refractivity (Wildman–Crippen MR) is 50.5 cm³/mol. The molecule has 5 nitrogen and oxygen atoms in total. The minimum atomic E-state index is -0.302. The van der Waals surface area contributed by atoms with Crippen LogP contribution in [-0.2, 0) is 9.53 Å². The van der Waals surface area contributed by atoms with E-state index in [1.54, 1.807) is 7.11 Å². The van der Waals surface area contributed by atoms with Gasteiger partial charge < -0.3 is 10.1 Å². The van der Waals surface area contributed by atoms with E-state index in [4.69, 9.17) is 10.00 Å². The van der Waals surface area contributed by atoms with E-state index in [0.29, 0.717) is 19.7 Å². The summed E-state index contributed by atoms with van der Waals surface area (Å²) in [5.41, 5.74) is 0. The molecule has 0 saturated carbocycles. The van der Waals surface area contributed by atoms with Gasteiger partial charge in [0.2, 0.25) is 5.91 Å². The number of rotatable bonds is 4. The molecule has 1 atom stereocenters. The third kappa shape index (κ3) is 2.69. The number of amides is 1. The summed E-state index contributed by atoms with van der Waals surface area (Å²) in [4.78, 5) is 13.4. The molecule has 0 spiro atoms. The number of hydrogen-bond donors (Lipinski definition) is 1. The van der Waals surface area contributed by atoms with E-state index in [9.17, 15) is 4.79 Å². The Morgan fingerprint density at radius 2 is 2.57 bits per heavy atom. The lowest BCUT2D eigenvalue weighted by molar-refractivity contribution is -0.129. The van der Waals surface area contributed by atoms with E-state index in [0.717, 1.165) is 6.54 Å². The van der Waals surface area contributed by atoms with Crippen molar-refractivity contribution in [2.75, 3.05) is 33.4 Å². The number of nitrogens with zero attached hydrogens (tertiary/aromatic N) is 2. The topological polar surface area (TPSA) is 65.4 Å². The molecule has 1 N–H and O–H groups in total. The quantitative estimate of drug-likeness (QED) is 0.650. The zero-order valence-electron chi connectivity index (χ0n) is 8.32. The highest BCUT2D eigenvalue weighted by atomic mass is 16.5. The fourth-order valence-corrected chi connectivity index (χ4v) is 1.55. The van der Waals surface area contributed by atoms with E-state index in [2.05, 4.69) is 5.32 Å². The van der Waals surface area contributed by atoms with Crippen LogP contribution in [-0.4, -0.2) is 50.2 Å². The molecule has 1 heterocycles. The maximum Gasteiger partial charge on any atom is 0.238 e. The Balaban J connectivity index is 2.51. The smallest absolute Gasteiger partial charge is 0.238 e. The van der Waals surface area contributed by atoms with Gasteiger partial charge in [-0.1, -0.05) is 0 Å². The van der Waals surface area contributed by atoms with Crippen molar-refractivity contribution >= 4 is 5.91 Å². The summed E-state index contributed by atoms with van der Waals surface area (Å²) in [6.07, 6.45) is 0.246. The highest BCUT2D eigenvalue weighted by molar-refractivity contribution is 5.82. The van der Waals surface area contributed by atoms with Gasteiger partial charge in [0.25, 0.3) is 0 Å². The Morgan fingerprint density at radius 1 is 1.79 bits per heavy atom. The van der Waals surface area contributed by atoms with Crippen molar-refractivity contribution in [1.29, 1.82) is 5.26 Å². The molecule has 0 aromatic carbocycles. The summed E-state index contributed by atoms with van der Waals surface area (Å²) in [6.45, 7) is 2.75. The third-order valence-electron chi connectivity index (χ3n) is 2.31. The number of piperazine rings is 1. The van der Waals surface area contributed by atoms with Gasteiger partial charge in [-0.05, 0) is 0 Å². The van der Waals surface area contributed by atoms with Gasteiger partial charge in [-0.3, -0.25) is 9.69 Å². The molecule has 1 unspecified atom stereocenters. The molecule has 14 heavy (non-hydrogen) atoms. The molecular weight excluding hydrogens is 182 g/mol. The lowest BCUT2D eigenvalue weighted by atomic mass is 10.1. The fraction of sp³-hybridized carbons (Fsp3) is 0.778. The molecular formula is C9H15N3O2. The maximum absolute atomic E-state index is 11.4. The van der Waals surface area contributed by atoms with Gasteiger partial charge in [-0.15, -0.1) is 0 Å². The Morgan fingerprint density at radius 3 is 3.21 bits per heavy atom. The molecule has 0 aromatic rings. The zero-order chi connectivity index (χ0) is 10.4. The molecule has 0 aromatic heterocycles. The molecule has 1 fully saturated rings. The number of nitriles is 1. The van der Waals surface area contributed by atoms with Crippen molar-refractivity contribution in [2.45, 2.75) is 12.5 Å². The second kappa shape index (κ2) is 5.58. The molecule has 0 bridgehead atoms. The summed E-state index contributed by atoms with van der Waals surface area (Å²) >= 11 is 0. The second-order valence-corrected chi connectivity index (χ2v) is 3.20. The van der Waals surface area contributed by atoms with Gasteiger partial charge in [0, 0.05) is 26.7 Å². The summed E-state index contributed by atoms with van der Waals surface area (Å²) in [6, 6.07) is 1.73. The van der Waals surface area contributed by atoms with E-state index in [-0.39, 0.29) is 18.4 Å². The molecule has 0 radical (unpaired) electrons. The van der Waals surface area contributed by atoms with E-state index < -0.39 is 0 Å². The van der Waals surface area contributed by atoms with E-state index in [1.807, 2.05) is 11.0 Å². The van der Waals surface area contributed by atoms with Crippen LogP contribution >= 0.6 is 0 Å². The first-order valence-electron chi connectivity index (χ1n) is 4.67. The minimum absolute atomic E-state index is 0.0473. The van der Waals surface area contributed by atoms with Gasteiger partial charge in [0.05, 0.1) is 19.1 Å². The van der Waals surface area contributed by atoms with Crippen molar-refractivity contribution in [2.24, 2.45) is 0 Å². The monoisotopic (exact) mass is 197 g/mol. The third-order valence-corrected chi connectivity index (χ3v) is 2.31. The van der Waals surface area contributed by atoms with Crippen LogP contribution in [0.3, 0.4) is 0 Å². The molecule has 1 saturated heterocycles. The van der Waals surface area contributed by atoms with Gasteiger partial charge in [-0.25, -0.2) is 0 Å². The average Bonchev–Trinajstić information content (AvgIpc) is 2.19. The standard InChI is InChI=1S/C9H15N3O2/c1-14-7-6-12-5-4-11-9(13)8(12)2-3-10/h8H,2,4-7H2,1H3,(H,11,13). The normalized spacial score (nSPS) is 22.9. The summed E-state index contributed by atoms with van der Waals surface area (Å²) in [5.74, 6) is -0.0473. The molecule has 1 amide bonds. The molecule has 5 heteroatoms. The van der Waals surface area contributed by atoms with Crippen LogP contribution in [0.1, 0.15) is 6.42 Å². The van der Waals surface area contributed by atoms with Crippen LogP contribution in [0.2, 0.25) is 0 Å². The SMILES string of the molecule is COCCN1CCNC(=O)C1CC#N. The number of nitrogens with one attached hydrogen (secondary N) is 1. The van der Waals surface area contributed by atoms with Crippen LogP contribution in [0, 0.1) is 11.3 Å². The van der Waals surface area contributed by atoms with Crippen LogP contribution in [0.15, 0.2) is 0 Å². The Kier molecular flexibility index (Phi) is 4.36. The average molecular weight is 197 g/mol. The number of ether oxygens (including phenoxy) is 1. The Hall–Kier alpha value is -1.12. The van der Waals surface area contributed by atoms with Crippen molar-refractivity contribution in [3.8, 4) is 6.07 Å². The first-order valence-corrected chi connectivity index (χ1v) is 4.67. The first kappa shape index (κ1) is 11.0. The summed E-state index contributed by atoms with van der Waals surface area (Å²) in [5, 5.41) is 11.3. The van der Waals surface area contributed by atoms with Crippen LogP contribution in [0.25, 0.3) is 0 Å². The van der Waals surface area contributed by atoms with E-state index >= 15 is 0 Å². The number of carbonyl (C=O) groups excluding carboxylic acids is 1. The zero-order valence-corrected chi connectivity index (χ0v) is 8.32. The highest BCUT2D eigenvalue weighted by Crippen LogP contribution is 2.07. The molecule has 1 rings (SSSR count). The Labute approximate surface area is 83.6 Å². The molecule has 78 valence electrons. The summed E-state index contributed by atoms with van der Waals surface area (Å²) in [7, 11) is 1.63. The maximum atomic E-state index is 11.4. The molecule has 0 aliphatic carbocycles. The predicted octanol–water partition coefficient (Wildman–Crippen LogP) is -0.653. The van der Waals surface area contributed by atoms with Crippen molar-refractivity contribution in [3.63, 3.8) is 0 Å². The largest absolute Gasteiger partial charge is 0.383 e. The van der Waals surface area contributed by atoms with Crippen LogP contribution in [0.5, 0.6) is 0 Å². The second-order valence-electron chi connectivity index (χ2n) is 3.20. The van der Waals surface area contributed by atoms with Crippen LogP contribution < -0.4 is 5.32 Å². The number of carbonyl (C=O) groups is 1. The van der Waals surface area contributed by atoms with Gasteiger partial charge >= 0.3 is 0 Å². The van der Waals surface area contributed by atoms with Gasteiger partial charge in [0.15, 0.2) is 0 Å². The van der Waals surface area contributed by atoms with Gasteiger partial charge in [-0.2, -0.15) is 5.26 Å². The molecule has 1 aliphatic rings. The number of hydrogen-bond acceptors (Lipinski definition) is 4.